The van der Waals surface area contributed by atoms with Gasteiger partial charge in [0.2, 0.25) is 0 Å². The first-order valence-electron chi connectivity index (χ1n) is 6.36. The Morgan fingerprint density at radius 1 is 1.26 bits per heavy atom. The van der Waals surface area contributed by atoms with Crippen LogP contribution >= 0.6 is 0 Å². The molecular formula is C13H20F3N3. The third-order valence-corrected chi connectivity index (χ3v) is 2.82. The van der Waals surface area contributed by atoms with Crippen LogP contribution in [-0.2, 0) is 6.54 Å². The van der Waals surface area contributed by atoms with Crippen molar-refractivity contribution in [3.63, 3.8) is 0 Å². The summed E-state index contributed by atoms with van der Waals surface area (Å²) >= 11 is 0. The summed E-state index contributed by atoms with van der Waals surface area (Å²) in [7, 11) is 0. The molecule has 6 heteroatoms. The molecule has 0 amide bonds. The second-order valence-corrected chi connectivity index (χ2v) is 4.32. The molecule has 19 heavy (non-hydrogen) atoms. The molecule has 0 saturated heterocycles. The number of alkyl halides is 3. The third kappa shape index (κ3) is 5.06. The summed E-state index contributed by atoms with van der Waals surface area (Å²) in [5, 5.41) is 3.17. The van der Waals surface area contributed by atoms with E-state index in [0.717, 1.165) is 17.8 Å². The summed E-state index contributed by atoms with van der Waals surface area (Å²) in [6.45, 7) is 6.34. The fraction of sp³-hybridized carbons (Fsp3) is 0.615. The van der Waals surface area contributed by atoms with Crippen molar-refractivity contribution < 1.29 is 13.2 Å². The van der Waals surface area contributed by atoms with E-state index in [9.17, 15) is 13.2 Å². The lowest BCUT2D eigenvalue weighted by atomic mass is 10.2. The number of aryl methyl sites for hydroxylation is 1. The molecule has 1 aromatic rings. The largest absolute Gasteiger partial charge is 0.405 e. The maximum absolute atomic E-state index is 12.4. The SMILES string of the molecule is CCNCc1ccc(N(CC)CC(F)(F)F)nc1C. The van der Waals surface area contributed by atoms with Crippen molar-refractivity contribution in [2.45, 2.75) is 33.5 Å². The number of anilines is 1. The number of halogens is 3. The van der Waals surface area contributed by atoms with Gasteiger partial charge < -0.3 is 10.2 Å². The van der Waals surface area contributed by atoms with E-state index in [0.29, 0.717) is 12.4 Å². The van der Waals surface area contributed by atoms with E-state index >= 15 is 0 Å². The first-order chi connectivity index (χ1) is 8.87. The van der Waals surface area contributed by atoms with Crippen molar-refractivity contribution in [3.8, 4) is 0 Å². The van der Waals surface area contributed by atoms with Crippen LogP contribution in [0, 0.1) is 6.92 Å². The molecular weight excluding hydrogens is 255 g/mol. The molecule has 0 radical (unpaired) electrons. The normalized spacial score (nSPS) is 11.7. The summed E-state index contributed by atoms with van der Waals surface area (Å²) in [6, 6.07) is 3.48. The Hall–Kier alpha value is -1.30. The first-order valence-corrected chi connectivity index (χ1v) is 6.36. The van der Waals surface area contributed by atoms with E-state index in [1.54, 1.807) is 13.0 Å². The Morgan fingerprint density at radius 3 is 2.42 bits per heavy atom. The topological polar surface area (TPSA) is 28.2 Å². The van der Waals surface area contributed by atoms with Crippen molar-refractivity contribution >= 4 is 5.82 Å². The molecule has 0 atom stereocenters. The zero-order valence-electron chi connectivity index (χ0n) is 11.5. The number of aromatic nitrogens is 1. The lowest BCUT2D eigenvalue weighted by Gasteiger charge is -2.24. The molecule has 0 aliphatic heterocycles. The molecule has 0 unspecified atom stereocenters. The average molecular weight is 275 g/mol. The van der Waals surface area contributed by atoms with Crippen LogP contribution in [0.3, 0.4) is 0 Å². The van der Waals surface area contributed by atoms with Gasteiger partial charge in [0.05, 0.1) is 0 Å². The van der Waals surface area contributed by atoms with Gasteiger partial charge in [-0.15, -0.1) is 0 Å². The van der Waals surface area contributed by atoms with Crippen LogP contribution < -0.4 is 10.2 Å². The van der Waals surface area contributed by atoms with Crippen molar-refractivity contribution in [3.05, 3.63) is 23.4 Å². The van der Waals surface area contributed by atoms with Gasteiger partial charge in [-0.3, -0.25) is 0 Å². The molecule has 0 spiro atoms. The van der Waals surface area contributed by atoms with Gasteiger partial charge in [0.25, 0.3) is 0 Å². The van der Waals surface area contributed by atoms with Gasteiger partial charge in [-0.05, 0) is 32.0 Å². The smallest absolute Gasteiger partial charge is 0.348 e. The highest BCUT2D eigenvalue weighted by Crippen LogP contribution is 2.21. The summed E-state index contributed by atoms with van der Waals surface area (Å²) < 4.78 is 37.3. The number of nitrogens with zero attached hydrogens (tertiary/aromatic N) is 2. The standard InChI is InChI=1S/C13H20F3N3/c1-4-17-8-11-6-7-12(18-10(11)3)19(5-2)9-13(14,15)16/h6-7,17H,4-5,8-9H2,1-3H3. The third-order valence-electron chi connectivity index (χ3n) is 2.82. The zero-order chi connectivity index (χ0) is 14.5. The van der Waals surface area contributed by atoms with Crippen molar-refractivity contribution in [1.82, 2.24) is 10.3 Å². The average Bonchev–Trinajstić information content (AvgIpc) is 2.33. The molecule has 0 aliphatic carbocycles. The van der Waals surface area contributed by atoms with Crippen molar-refractivity contribution in [1.29, 1.82) is 0 Å². The molecule has 1 N–H and O–H groups in total. The maximum Gasteiger partial charge on any atom is 0.405 e. The highest BCUT2D eigenvalue weighted by atomic mass is 19.4. The predicted molar refractivity (Wildman–Crippen MR) is 70.3 cm³/mol. The Balaban J connectivity index is 2.85. The van der Waals surface area contributed by atoms with E-state index < -0.39 is 12.7 Å². The van der Waals surface area contributed by atoms with Gasteiger partial charge in [0.1, 0.15) is 12.4 Å². The Bertz CT molecular complexity index is 405. The van der Waals surface area contributed by atoms with Crippen LogP contribution in [0.2, 0.25) is 0 Å². The van der Waals surface area contributed by atoms with Crippen LogP contribution in [0.15, 0.2) is 12.1 Å². The molecule has 1 aromatic heterocycles. The molecule has 108 valence electrons. The summed E-state index contributed by atoms with van der Waals surface area (Å²) in [5.74, 6) is 0.373. The van der Waals surface area contributed by atoms with Crippen molar-refractivity contribution in [2.24, 2.45) is 0 Å². The summed E-state index contributed by atoms with van der Waals surface area (Å²) in [6.07, 6.45) is -4.21. The fourth-order valence-corrected chi connectivity index (χ4v) is 1.77. The Morgan fingerprint density at radius 2 is 1.95 bits per heavy atom. The minimum atomic E-state index is -4.21. The Kier molecular flexibility index (Phi) is 5.60. The van der Waals surface area contributed by atoms with Crippen LogP contribution in [0.5, 0.6) is 0 Å². The molecule has 1 rings (SSSR count). The minimum Gasteiger partial charge on any atom is -0.348 e. The molecule has 0 bridgehead atoms. The van der Waals surface area contributed by atoms with Gasteiger partial charge in [-0.25, -0.2) is 4.98 Å². The Labute approximate surface area is 111 Å². The van der Waals surface area contributed by atoms with Gasteiger partial charge in [0.15, 0.2) is 0 Å². The van der Waals surface area contributed by atoms with Gasteiger partial charge >= 0.3 is 6.18 Å². The van der Waals surface area contributed by atoms with E-state index in [4.69, 9.17) is 0 Å². The molecule has 3 nitrogen and oxygen atoms in total. The van der Waals surface area contributed by atoms with Crippen LogP contribution in [0.4, 0.5) is 19.0 Å². The monoisotopic (exact) mass is 275 g/mol. The van der Waals surface area contributed by atoms with Crippen LogP contribution in [0.1, 0.15) is 25.1 Å². The number of hydrogen-bond donors (Lipinski definition) is 1. The number of pyridine rings is 1. The molecule has 1 heterocycles. The van der Waals surface area contributed by atoms with E-state index in [1.165, 1.54) is 4.90 Å². The van der Waals surface area contributed by atoms with Gasteiger partial charge in [-0.1, -0.05) is 13.0 Å². The fourth-order valence-electron chi connectivity index (χ4n) is 1.77. The minimum absolute atomic E-state index is 0.276. The second-order valence-electron chi connectivity index (χ2n) is 4.32. The summed E-state index contributed by atoms with van der Waals surface area (Å²) in [4.78, 5) is 5.49. The molecule has 0 aliphatic rings. The molecule has 0 fully saturated rings. The van der Waals surface area contributed by atoms with E-state index in [1.807, 2.05) is 19.9 Å². The zero-order valence-corrected chi connectivity index (χ0v) is 11.5. The lowest BCUT2D eigenvalue weighted by molar-refractivity contribution is -0.119. The lowest BCUT2D eigenvalue weighted by Crippen LogP contribution is -2.34. The quantitative estimate of drug-likeness (QED) is 0.865. The highest BCUT2D eigenvalue weighted by molar-refractivity contribution is 5.41. The summed E-state index contributed by atoms with van der Waals surface area (Å²) in [5.41, 5.74) is 1.77. The molecule has 0 saturated carbocycles. The van der Waals surface area contributed by atoms with E-state index in [-0.39, 0.29) is 6.54 Å². The number of hydrogen-bond acceptors (Lipinski definition) is 3. The first kappa shape index (κ1) is 15.8. The van der Waals surface area contributed by atoms with Gasteiger partial charge in [-0.2, -0.15) is 13.2 Å². The van der Waals surface area contributed by atoms with Crippen LogP contribution in [0.25, 0.3) is 0 Å². The number of rotatable bonds is 6. The van der Waals surface area contributed by atoms with Gasteiger partial charge in [0, 0.05) is 18.8 Å². The van der Waals surface area contributed by atoms with Crippen molar-refractivity contribution in [2.75, 3.05) is 24.5 Å². The second kappa shape index (κ2) is 6.75. The maximum atomic E-state index is 12.4. The predicted octanol–water partition coefficient (Wildman–Crippen LogP) is 2.89. The molecule has 0 aromatic carbocycles. The number of nitrogens with one attached hydrogen (secondary N) is 1. The van der Waals surface area contributed by atoms with Crippen LogP contribution in [-0.4, -0.2) is 30.8 Å². The highest BCUT2D eigenvalue weighted by Gasteiger charge is 2.30. The van der Waals surface area contributed by atoms with E-state index in [2.05, 4.69) is 10.3 Å².